The molecule has 0 fully saturated rings. The Balaban J connectivity index is 2.06. The summed E-state index contributed by atoms with van der Waals surface area (Å²) in [6, 6.07) is 15.4. The molecule has 1 heterocycles. The molecule has 0 aliphatic heterocycles. The van der Waals surface area contributed by atoms with Crippen LogP contribution in [-0.4, -0.2) is 15.4 Å². The molecular formula is C15H11NO3. The Labute approximate surface area is 109 Å². The van der Waals surface area contributed by atoms with Crippen molar-refractivity contribution in [3.63, 3.8) is 0 Å². The van der Waals surface area contributed by atoms with Crippen LogP contribution in [0, 0.1) is 0 Å². The summed E-state index contributed by atoms with van der Waals surface area (Å²) in [6.07, 6.45) is 0. The van der Waals surface area contributed by atoms with Gasteiger partial charge in [-0.2, -0.15) is 0 Å². The molecule has 2 N–H and O–H groups in total. The molecule has 2 aromatic carbocycles. The maximum absolute atomic E-state index is 9.77. The quantitative estimate of drug-likeness (QED) is 0.734. The summed E-state index contributed by atoms with van der Waals surface area (Å²) in [7, 11) is 0. The molecule has 1 aromatic heterocycles. The number of hydrogen-bond acceptors (Lipinski definition) is 4. The van der Waals surface area contributed by atoms with Gasteiger partial charge in [-0.15, -0.1) is 0 Å². The number of aromatic hydroxyl groups is 2. The molecule has 0 atom stereocenters. The number of para-hydroxylation sites is 2. The second kappa shape index (κ2) is 4.49. The van der Waals surface area contributed by atoms with Gasteiger partial charge in [0.1, 0.15) is 17.2 Å². The average molecular weight is 253 g/mol. The summed E-state index contributed by atoms with van der Waals surface area (Å²) in [5.74, 6) is 0.721. The Bertz CT molecular complexity index is 659. The van der Waals surface area contributed by atoms with E-state index in [1.165, 1.54) is 0 Å². The first-order chi connectivity index (χ1) is 9.25. The lowest BCUT2D eigenvalue weighted by Gasteiger charge is -1.98. The molecule has 19 heavy (non-hydrogen) atoms. The molecule has 3 rings (SSSR count). The molecule has 3 aromatic rings. The summed E-state index contributed by atoms with van der Waals surface area (Å²) in [5, 5.41) is 23.4. The SMILES string of the molecule is Oc1ccccc1-c1cc(-c2ccccc2O)on1. The third-order valence-corrected chi connectivity index (χ3v) is 2.86. The molecule has 0 saturated heterocycles. The lowest BCUT2D eigenvalue weighted by Crippen LogP contribution is -1.77. The predicted molar refractivity (Wildman–Crippen MR) is 70.7 cm³/mol. The van der Waals surface area contributed by atoms with Crippen molar-refractivity contribution >= 4 is 0 Å². The largest absolute Gasteiger partial charge is 0.507 e. The normalized spacial score (nSPS) is 10.5. The highest BCUT2D eigenvalue weighted by Crippen LogP contribution is 2.34. The number of phenols is 2. The van der Waals surface area contributed by atoms with Gasteiger partial charge < -0.3 is 14.7 Å². The zero-order valence-corrected chi connectivity index (χ0v) is 9.95. The second-order valence-electron chi connectivity index (χ2n) is 4.11. The molecule has 94 valence electrons. The Morgan fingerprint density at radius 3 is 2.00 bits per heavy atom. The van der Waals surface area contributed by atoms with Crippen LogP contribution in [0.3, 0.4) is 0 Å². The first-order valence-electron chi connectivity index (χ1n) is 5.79. The number of aromatic nitrogens is 1. The molecule has 0 bridgehead atoms. The van der Waals surface area contributed by atoms with Crippen LogP contribution in [0.2, 0.25) is 0 Å². The van der Waals surface area contributed by atoms with E-state index in [-0.39, 0.29) is 11.5 Å². The number of hydrogen-bond donors (Lipinski definition) is 2. The van der Waals surface area contributed by atoms with E-state index >= 15 is 0 Å². The number of rotatable bonds is 2. The van der Waals surface area contributed by atoms with Gasteiger partial charge in [0.15, 0.2) is 5.76 Å². The highest BCUT2D eigenvalue weighted by molar-refractivity contribution is 5.73. The minimum atomic E-state index is 0.127. The monoisotopic (exact) mass is 253 g/mol. The predicted octanol–water partition coefficient (Wildman–Crippen LogP) is 3.42. The van der Waals surface area contributed by atoms with Crippen molar-refractivity contribution in [2.45, 2.75) is 0 Å². The molecule has 0 radical (unpaired) electrons. The third kappa shape index (κ3) is 2.04. The van der Waals surface area contributed by atoms with Gasteiger partial charge in [-0.3, -0.25) is 0 Å². The van der Waals surface area contributed by atoms with Crippen molar-refractivity contribution in [1.29, 1.82) is 0 Å². The van der Waals surface area contributed by atoms with Crippen molar-refractivity contribution in [1.82, 2.24) is 5.16 Å². The van der Waals surface area contributed by atoms with Crippen LogP contribution < -0.4 is 0 Å². The van der Waals surface area contributed by atoms with Crippen LogP contribution in [0.1, 0.15) is 0 Å². The van der Waals surface area contributed by atoms with Crippen molar-refractivity contribution < 1.29 is 14.7 Å². The first-order valence-corrected chi connectivity index (χ1v) is 5.79. The van der Waals surface area contributed by atoms with E-state index in [0.29, 0.717) is 22.6 Å². The zero-order chi connectivity index (χ0) is 13.2. The lowest BCUT2D eigenvalue weighted by molar-refractivity contribution is 0.427. The molecule has 0 saturated carbocycles. The molecule has 0 unspecified atom stereocenters. The van der Waals surface area contributed by atoms with E-state index in [4.69, 9.17) is 4.52 Å². The molecular weight excluding hydrogens is 242 g/mol. The molecule has 4 nitrogen and oxygen atoms in total. The fraction of sp³-hybridized carbons (Fsp3) is 0. The topological polar surface area (TPSA) is 66.5 Å². The van der Waals surface area contributed by atoms with Crippen LogP contribution in [0.5, 0.6) is 11.5 Å². The minimum absolute atomic E-state index is 0.127. The van der Waals surface area contributed by atoms with Crippen LogP contribution in [0.25, 0.3) is 22.6 Å². The number of nitrogens with zero attached hydrogens (tertiary/aromatic N) is 1. The van der Waals surface area contributed by atoms with Crippen LogP contribution in [0.15, 0.2) is 59.1 Å². The van der Waals surface area contributed by atoms with Crippen LogP contribution >= 0.6 is 0 Å². The van der Waals surface area contributed by atoms with Gasteiger partial charge >= 0.3 is 0 Å². The van der Waals surface area contributed by atoms with E-state index in [9.17, 15) is 10.2 Å². The molecule has 4 heteroatoms. The number of benzene rings is 2. The smallest absolute Gasteiger partial charge is 0.171 e. The van der Waals surface area contributed by atoms with Gasteiger partial charge in [-0.1, -0.05) is 29.4 Å². The van der Waals surface area contributed by atoms with Crippen LogP contribution in [-0.2, 0) is 0 Å². The fourth-order valence-electron chi connectivity index (χ4n) is 1.90. The van der Waals surface area contributed by atoms with E-state index in [2.05, 4.69) is 5.16 Å². The standard InChI is InChI=1S/C15H11NO3/c17-13-7-3-1-5-10(13)12-9-15(19-16-12)11-6-2-4-8-14(11)18/h1-9,17-18H. The van der Waals surface area contributed by atoms with Crippen molar-refractivity contribution in [2.75, 3.05) is 0 Å². The minimum Gasteiger partial charge on any atom is -0.507 e. The molecule has 0 aliphatic rings. The second-order valence-corrected chi connectivity index (χ2v) is 4.11. The Kier molecular flexibility index (Phi) is 2.68. The summed E-state index contributed by atoms with van der Waals surface area (Å²) in [5.41, 5.74) is 1.68. The molecule has 0 amide bonds. The fourth-order valence-corrected chi connectivity index (χ4v) is 1.90. The summed E-state index contributed by atoms with van der Waals surface area (Å²) < 4.78 is 5.22. The van der Waals surface area contributed by atoms with Crippen molar-refractivity contribution in [3.05, 3.63) is 54.6 Å². The first kappa shape index (κ1) is 11.3. The maximum atomic E-state index is 9.77. The van der Waals surface area contributed by atoms with Crippen molar-refractivity contribution in [2.24, 2.45) is 0 Å². The van der Waals surface area contributed by atoms with Gasteiger partial charge in [0, 0.05) is 11.6 Å². The average Bonchev–Trinajstić information content (AvgIpc) is 2.89. The summed E-state index contributed by atoms with van der Waals surface area (Å²) >= 11 is 0. The van der Waals surface area contributed by atoms with Gasteiger partial charge in [0.05, 0.1) is 5.56 Å². The van der Waals surface area contributed by atoms with Crippen LogP contribution in [0.4, 0.5) is 0 Å². The van der Waals surface area contributed by atoms with E-state index in [1.807, 2.05) is 6.07 Å². The summed E-state index contributed by atoms with van der Waals surface area (Å²) in [4.78, 5) is 0. The Hall–Kier alpha value is -2.75. The Morgan fingerprint density at radius 1 is 0.789 bits per heavy atom. The van der Waals surface area contributed by atoms with Gasteiger partial charge in [0.2, 0.25) is 0 Å². The van der Waals surface area contributed by atoms with Crippen molar-refractivity contribution in [3.8, 4) is 34.1 Å². The van der Waals surface area contributed by atoms with E-state index in [0.717, 1.165) is 0 Å². The van der Waals surface area contributed by atoms with E-state index in [1.54, 1.807) is 48.5 Å². The lowest BCUT2D eigenvalue weighted by atomic mass is 10.1. The highest BCUT2D eigenvalue weighted by atomic mass is 16.5. The number of phenolic OH excluding ortho intramolecular Hbond substituents is 2. The van der Waals surface area contributed by atoms with Gasteiger partial charge in [-0.05, 0) is 24.3 Å². The van der Waals surface area contributed by atoms with Gasteiger partial charge in [0.25, 0.3) is 0 Å². The molecule has 0 aliphatic carbocycles. The van der Waals surface area contributed by atoms with E-state index < -0.39 is 0 Å². The zero-order valence-electron chi connectivity index (χ0n) is 9.95. The van der Waals surface area contributed by atoms with Gasteiger partial charge in [-0.25, -0.2) is 0 Å². The Morgan fingerprint density at radius 2 is 1.37 bits per heavy atom. The third-order valence-electron chi connectivity index (χ3n) is 2.86. The molecule has 0 spiro atoms. The summed E-state index contributed by atoms with van der Waals surface area (Å²) in [6.45, 7) is 0. The maximum Gasteiger partial charge on any atom is 0.171 e. The highest BCUT2D eigenvalue weighted by Gasteiger charge is 2.13.